The number of β-amino-alcohol motifs (C(OH)–C–C–N with tert-alkyl or cyclic N) is 1. The first-order chi connectivity index (χ1) is 18.4. The molecule has 3 N–H and O–H groups in total. The molecule has 200 valence electrons. The van der Waals surface area contributed by atoms with Gasteiger partial charge in [0.15, 0.2) is 5.82 Å². The Morgan fingerprint density at radius 1 is 1.16 bits per heavy atom. The van der Waals surface area contributed by atoms with Gasteiger partial charge in [-0.25, -0.2) is 19.3 Å². The number of nitrogens with zero attached hydrogens (tertiary/aromatic N) is 5. The number of hydrogen-bond acceptors (Lipinski definition) is 9. The van der Waals surface area contributed by atoms with Crippen molar-refractivity contribution in [2.24, 2.45) is 0 Å². The molecule has 11 heteroatoms. The number of nitrogens with one attached hydrogen (secondary N) is 2. The third kappa shape index (κ3) is 5.68. The molecule has 3 aromatic rings. The molecule has 2 saturated heterocycles. The SMILES string of the molecule is COc1cccc(F)c1-c1nccc(Nc2cc(N3CCC[C@H](O)C3)c(C(=O)N[C@@H]3CCN(C)C3)cn2)n1. The van der Waals surface area contributed by atoms with Gasteiger partial charge in [-0.2, -0.15) is 0 Å². The fourth-order valence-corrected chi connectivity index (χ4v) is 5.01. The van der Waals surface area contributed by atoms with E-state index in [9.17, 15) is 14.3 Å². The molecule has 0 unspecified atom stereocenters. The zero-order chi connectivity index (χ0) is 26.6. The topological polar surface area (TPSA) is 116 Å². The van der Waals surface area contributed by atoms with Gasteiger partial charge < -0.3 is 30.3 Å². The molecule has 1 aromatic carbocycles. The summed E-state index contributed by atoms with van der Waals surface area (Å²) in [5.74, 6) is 0.688. The number of rotatable bonds is 7. The van der Waals surface area contributed by atoms with Crippen molar-refractivity contribution in [1.82, 2.24) is 25.2 Å². The van der Waals surface area contributed by atoms with Gasteiger partial charge >= 0.3 is 0 Å². The first kappa shape index (κ1) is 25.8. The van der Waals surface area contributed by atoms with Crippen LogP contribution >= 0.6 is 0 Å². The van der Waals surface area contributed by atoms with Crippen LogP contribution in [-0.2, 0) is 0 Å². The second kappa shape index (κ2) is 11.3. The third-order valence-corrected chi connectivity index (χ3v) is 6.92. The second-order valence-electron chi connectivity index (χ2n) is 9.76. The van der Waals surface area contributed by atoms with Gasteiger partial charge in [-0.15, -0.1) is 0 Å². The van der Waals surface area contributed by atoms with Crippen molar-refractivity contribution in [2.45, 2.75) is 31.4 Å². The number of aliphatic hydroxyl groups excluding tert-OH is 1. The minimum atomic E-state index is -0.491. The summed E-state index contributed by atoms with van der Waals surface area (Å²) in [5, 5.41) is 16.6. The number of aliphatic hydroxyl groups is 1. The summed E-state index contributed by atoms with van der Waals surface area (Å²) in [4.78, 5) is 30.7. The number of anilines is 3. The molecular formula is C27H32FN7O3. The number of pyridine rings is 1. The van der Waals surface area contributed by atoms with Crippen LogP contribution in [0, 0.1) is 5.82 Å². The first-order valence-corrected chi connectivity index (χ1v) is 12.8. The smallest absolute Gasteiger partial charge is 0.255 e. The Balaban J connectivity index is 1.43. The van der Waals surface area contributed by atoms with E-state index >= 15 is 0 Å². The summed E-state index contributed by atoms with van der Waals surface area (Å²) in [6.07, 6.45) is 5.06. The van der Waals surface area contributed by atoms with Gasteiger partial charge in [0.1, 0.15) is 23.2 Å². The fraction of sp³-hybridized carbons (Fsp3) is 0.407. The maximum absolute atomic E-state index is 14.6. The number of benzene rings is 1. The van der Waals surface area contributed by atoms with E-state index in [1.807, 2.05) is 11.9 Å². The van der Waals surface area contributed by atoms with Crippen molar-refractivity contribution in [3.8, 4) is 17.1 Å². The lowest BCUT2D eigenvalue weighted by molar-refractivity contribution is 0.0937. The number of likely N-dealkylation sites (N-methyl/N-ethyl adjacent to an activating group) is 1. The van der Waals surface area contributed by atoms with E-state index in [2.05, 4.69) is 30.5 Å². The molecule has 5 rings (SSSR count). The van der Waals surface area contributed by atoms with Crippen LogP contribution < -0.4 is 20.3 Å². The number of carbonyl (C=O) groups is 1. The van der Waals surface area contributed by atoms with E-state index in [1.54, 1.807) is 30.5 Å². The van der Waals surface area contributed by atoms with E-state index in [1.165, 1.54) is 19.4 Å². The van der Waals surface area contributed by atoms with Crippen molar-refractivity contribution >= 4 is 23.2 Å². The summed E-state index contributed by atoms with van der Waals surface area (Å²) < 4.78 is 19.9. The molecule has 0 aliphatic carbocycles. The average molecular weight is 522 g/mol. The molecule has 2 atom stereocenters. The van der Waals surface area contributed by atoms with Crippen LogP contribution in [0.15, 0.2) is 42.7 Å². The predicted molar refractivity (Wildman–Crippen MR) is 142 cm³/mol. The molecule has 2 aliphatic heterocycles. The number of piperidine rings is 1. The molecule has 2 fully saturated rings. The molecule has 4 heterocycles. The van der Waals surface area contributed by atoms with E-state index in [4.69, 9.17) is 4.74 Å². The van der Waals surface area contributed by atoms with Crippen LogP contribution in [0.25, 0.3) is 11.4 Å². The Morgan fingerprint density at radius 2 is 2.03 bits per heavy atom. The number of ether oxygens (including phenoxy) is 1. The molecule has 10 nitrogen and oxygen atoms in total. The van der Waals surface area contributed by atoms with Gasteiger partial charge in [-0.3, -0.25) is 4.79 Å². The summed E-state index contributed by atoms with van der Waals surface area (Å²) in [5.41, 5.74) is 1.31. The van der Waals surface area contributed by atoms with E-state index in [0.717, 1.165) is 38.9 Å². The lowest BCUT2D eigenvalue weighted by atomic mass is 10.1. The van der Waals surface area contributed by atoms with Crippen LogP contribution in [0.3, 0.4) is 0 Å². The van der Waals surface area contributed by atoms with Gasteiger partial charge in [0.25, 0.3) is 5.91 Å². The fourth-order valence-electron chi connectivity index (χ4n) is 5.01. The lowest BCUT2D eigenvalue weighted by Gasteiger charge is -2.33. The van der Waals surface area contributed by atoms with Crippen LogP contribution in [0.2, 0.25) is 0 Å². The lowest BCUT2D eigenvalue weighted by Crippen LogP contribution is -2.41. The van der Waals surface area contributed by atoms with Crippen molar-refractivity contribution in [1.29, 1.82) is 0 Å². The maximum Gasteiger partial charge on any atom is 0.255 e. The van der Waals surface area contributed by atoms with E-state index < -0.39 is 11.9 Å². The van der Waals surface area contributed by atoms with E-state index in [0.29, 0.717) is 35.2 Å². The van der Waals surface area contributed by atoms with Gasteiger partial charge in [-0.05, 0) is 51.1 Å². The van der Waals surface area contributed by atoms with E-state index in [-0.39, 0.29) is 23.3 Å². The number of methoxy groups -OCH3 is 1. The third-order valence-electron chi connectivity index (χ3n) is 6.92. The quantitative estimate of drug-likeness (QED) is 0.432. The summed E-state index contributed by atoms with van der Waals surface area (Å²) in [6.45, 7) is 2.90. The highest BCUT2D eigenvalue weighted by Crippen LogP contribution is 2.32. The Morgan fingerprint density at radius 3 is 2.79 bits per heavy atom. The van der Waals surface area contributed by atoms with Crippen molar-refractivity contribution in [3.63, 3.8) is 0 Å². The molecule has 1 amide bonds. The van der Waals surface area contributed by atoms with Gasteiger partial charge in [0, 0.05) is 44.1 Å². The maximum atomic E-state index is 14.6. The van der Waals surface area contributed by atoms with Crippen molar-refractivity contribution < 1.29 is 19.0 Å². The van der Waals surface area contributed by atoms with Crippen molar-refractivity contribution in [2.75, 3.05) is 50.6 Å². The molecule has 2 aliphatic rings. The monoisotopic (exact) mass is 521 g/mol. The van der Waals surface area contributed by atoms with Crippen LogP contribution in [0.1, 0.15) is 29.6 Å². The number of carbonyl (C=O) groups excluding carboxylic acids is 1. The predicted octanol–water partition coefficient (Wildman–Crippen LogP) is 2.82. The van der Waals surface area contributed by atoms with Crippen molar-refractivity contribution in [3.05, 3.63) is 54.1 Å². The van der Waals surface area contributed by atoms with Gasteiger partial charge in [0.05, 0.1) is 30.0 Å². The molecular weight excluding hydrogens is 489 g/mol. The number of amides is 1. The van der Waals surface area contributed by atoms with Gasteiger partial charge in [0.2, 0.25) is 0 Å². The summed E-state index contributed by atoms with van der Waals surface area (Å²) in [7, 11) is 3.50. The van der Waals surface area contributed by atoms with Crippen LogP contribution in [0.5, 0.6) is 5.75 Å². The Bertz CT molecular complexity index is 1310. The zero-order valence-corrected chi connectivity index (χ0v) is 21.5. The summed E-state index contributed by atoms with van der Waals surface area (Å²) >= 11 is 0. The minimum absolute atomic E-state index is 0.0833. The highest BCUT2D eigenvalue weighted by molar-refractivity contribution is 6.00. The largest absolute Gasteiger partial charge is 0.496 e. The number of likely N-dealkylation sites (tertiary alicyclic amines) is 1. The van der Waals surface area contributed by atoms with Gasteiger partial charge in [-0.1, -0.05) is 6.07 Å². The highest BCUT2D eigenvalue weighted by atomic mass is 19.1. The number of halogens is 1. The summed E-state index contributed by atoms with van der Waals surface area (Å²) in [6, 6.07) is 8.07. The molecule has 38 heavy (non-hydrogen) atoms. The Labute approximate surface area is 220 Å². The molecule has 2 aromatic heterocycles. The second-order valence-corrected chi connectivity index (χ2v) is 9.76. The molecule has 0 bridgehead atoms. The Kier molecular flexibility index (Phi) is 7.66. The normalized spacial score (nSPS) is 19.8. The molecule has 0 spiro atoms. The van der Waals surface area contributed by atoms with Crippen LogP contribution in [-0.4, -0.2) is 83.3 Å². The number of aromatic nitrogens is 3. The number of hydrogen-bond donors (Lipinski definition) is 3. The molecule has 0 radical (unpaired) electrons. The Hall–Kier alpha value is -3.83. The van der Waals surface area contributed by atoms with Crippen LogP contribution in [0.4, 0.5) is 21.7 Å². The zero-order valence-electron chi connectivity index (χ0n) is 21.5. The highest BCUT2D eigenvalue weighted by Gasteiger charge is 2.27. The molecule has 0 saturated carbocycles. The minimum Gasteiger partial charge on any atom is -0.496 e. The standard InChI is InChI=1S/C27H32FN7O3/c1-34-12-9-17(15-34)31-27(37)19-14-30-24(13-21(19)35-11-4-5-18(36)16-35)32-23-8-10-29-26(33-23)25-20(28)6-3-7-22(25)38-2/h3,6-8,10,13-14,17-18,36H,4-5,9,11-12,15-16H2,1-2H3,(H,31,37)(H,29,30,32,33)/t17-,18+/m1/s1. The average Bonchev–Trinajstić information content (AvgIpc) is 3.32. The first-order valence-electron chi connectivity index (χ1n) is 12.8.